The van der Waals surface area contributed by atoms with Crippen LogP contribution in [0.1, 0.15) is 5.89 Å². The van der Waals surface area contributed by atoms with E-state index in [1.165, 1.54) is 12.1 Å². The Morgan fingerprint density at radius 3 is 2.94 bits per heavy atom. The molecule has 0 unspecified atom stereocenters. The molecule has 0 atom stereocenters. The summed E-state index contributed by atoms with van der Waals surface area (Å²) >= 11 is 3.24. The van der Waals surface area contributed by atoms with E-state index in [9.17, 15) is 10.1 Å². The van der Waals surface area contributed by atoms with E-state index in [1.807, 2.05) is 0 Å². The predicted octanol–water partition coefficient (Wildman–Crippen LogP) is 2.73. The average molecular weight is 312 g/mol. The van der Waals surface area contributed by atoms with Gasteiger partial charge in [-0.2, -0.15) is 0 Å². The zero-order valence-electron chi connectivity index (χ0n) is 9.51. The summed E-state index contributed by atoms with van der Waals surface area (Å²) in [4.78, 5) is 14.4. The summed E-state index contributed by atoms with van der Waals surface area (Å²) in [5, 5.41) is 13.7. The highest BCUT2D eigenvalue weighted by molar-refractivity contribution is 9.10. The molecule has 0 radical (unpaired) electrons. The van der Waals surface area contributed by atoms with Crippen LogP contribution < -0.4 is 5.32 Å². The van der Waals surface area contributed by atoms with Gasteiger partial charge in [0.15, 0.2) is 5.76 Å². The van der Waals surface area contributed by atoms with E-state index >= 15 is 0 Å². The Morgan fingerprint density at radius 2 is 2.28 bits per heavy atom. The number of hydrogen-bond acceptors (Lipinski definition) is 5. The summed E-state index contributed by atoms with van der Waals surface area (Å²) < 4.78 is 6.11. The maximum Gasteiger partial charge on any atom is 0.271 e. The number of nitro benzene ring substituents is 1. The third-order valence-electron chi connectivity index (χ3n) is 2.26. The first-order valence-corrected chi connectivity index (χ1v) is 5.94. The molecule has 94 valence electrons. The second-order valence-electron chi connectivity index (χ2n) is 3.60. The highest BCUT2D eigenvalue weighted by atomic mass is 79.9. The van der Waals surface area contributed by atoms with E-state index < -0.39 is 4.92 Å². The van der Waals surface area contributed by atoms with Crippen LogP contribution in [0.4, 0.5) is 5.69 Å². The number of nitrogens with one attached hydrogen (secondary N) is 1. The molecule has 0 aliphatic carbocycles. The molecular weight excluding hydrogens is 302 g/mol. The van der Waals surface area contributed by atoms with E-state index in [1.54, 1.807) is 19.3 Å². The normalized spacial score (nSPS) is 10.6. The van der Waals surface area contributed by atoms with Gasteiger partial charge in [0.2, 0.25) is 5.89 Å². The Hall–Kier alpha value is -1.73. The number of oxazole rings is 1. The second-order valence-corrected chi connectivity index (χ2v) is 4.52. The van der Waals surface area contributed by atoms with Crippen molar-refractivity contribution in [3.8, 4) is 11.3 Å². The van der Waals surface area contributed by atoms with Gasteiger partial charge in [-0.25, -0.2) is 4.98 Å². The molecule has 2 rings (SSSR count). The third kappa shape index (κ3) is 2.74. The first-order valence-electron chi connectivity index (χ1n) is 5.15. The molecule has 0 saturated carbocycles. The lowest BCUT2D eigenvalue weighted by Gasteiger charge is -1.99. The van der Waals surface area contributed by atoms with Crippen LogP contribution in [0, 0.1) is 10.1 Å². The van der Waals surface area contributed by atoms with Crippen LogP contribution in [-0.2, 0) is 6.54 Å². The monoisotopic (exact) mass is 311 g/mol. The molecule has 0 bridgehead atoms. The maximum atomic E-state index is 10.8. The van der Waals surface area contributed by atoms with Gasteiger partial charge >= 0.3 is 0 Å². The number of halogens is 1. The molecular formula is C11H10BrN3O3. The Bertz CT molecular complexity index is 583. The molecule has 2 aromatic rings. The summed E-state index contributed by atoms with van der Waals surface area (Å²) in [7, 11) is 1.79. The molecule has 6 nitrogen and oxygen atoms in total. The summed E-state index contributed by atoms with van der Waals surface area (Å²) in [6.45, 7) is 0.510. The van der Waals surface area contributed by atoms with E-state index in [2.05, 4.69) is 26.2 Å². The Balaban J connectivity index is 2.39. The van der Waals surface area contributed by atoms with Gasteiger partial charge < -0.3 is 9.73 Å². The van der Waals surface area contributed by atoms with Crippen LogP contribution >= 0.6 is 15.9 Å². The Kier molecular flexibility index (Phi) is 3.73. The fourth-order valence-corrected chi connectivity index (χ4v) is 1.98. The van der Waals surface area contributed by atoms with Crippen molar-refractivity contribution < 1.29 is 9.34 Å². The van der Waals surface area contributed by atoms with E-state index in [4.69, 9.17) is 4.42 Å². The van der Waals surface area contributed by atoms with Crippen molar-refractivity contribution in [3.63, 3.8) is 0 Å². The van der Waals surface area contributed by atoms with Crippen LogP contribution in [0.2, 0.25) is 0 Å². The van der Waals surface area contributed by atoms with Crippen molar-refractivity contribution in [3.05, 3.63) is 44.9 Å². The number of benzene rings is 1. The van der Waals surface area contributed by atoms with Crippen molar-refractivity contribution in [2.75, 3.05) is 7.05 Å². The first-order chi connectivity index (χ1) is 8.60. The lowest BCUT2D eigenvalue weighted by Crippen LogP contribution is -2.04. The Morgan fingerprint density at radius 1 is 1.50 bits per heavy atom. The van der Waals surface area contributed by atoms with E-state index in [-0.39, 0.29) is 5.69 Å². The molecule has 1 aromatic heterocycles. The van der Waals surface area contributed by atoms with Crippen molar-refractivity contribution in [1.29, 1.82) is 0 Å². The zero-order valence-corrected chi connectivity index (χ0v) is 11.1. The number of nitrogens with zero attached hydrogens (tertiary/aromatic N) is 2. The minimum atomic E-state index is -0.445. The minimum absolute atomic E-state index is 0.00550. The lowest BCUT2D eigenvalue weighted by atomic mass is 10.1. The summed E-state index contributed by atoms with van der Waals surface area (Å²) in [5.74, 6) is 1.04. The van der Waals surface area contributed by atoms with Crippen molar-refractivity contribution in [2.45, 2.75) is 6.54 Å². The number of non-ortho nitro benzene ring substituents is 1. The highest BCUT2D eigenvalue weighted by Crippen LogP contribution is 2.29. The lowest BCUT2D eigenvalue weighted by molar-refractivity contribution is -0.384. The number of aromatic nitrogens is 1. The molecule has 7 heteroatoms. The molecule has 1 aromatic carbocycles. The van der Waals surface area contributed by atoms with Gasteiger partial charge in [0.05, 0.1) is 17.7 Å². The zero-order chi connectivity index (χ0) is 13.1. The van der Waals surface area contributed by atoms with Gasteiger partial charge in [0, 0.05) is 22.2 Å². The number of nitro groups is 1. The number of hydrogen-bond donors (Lipinski definition) is 1. The molecule has 0 aliphatic heterocycles. The summed E-state index contributed by atoms with van der Waals surface area (Å²) in [5.41, 5.74) is 0.622. The van der Waals surface area contributed by atoms with Gasteiger partial charge in [0.1, 0.15) is 0 Å². The summed E-state index contributed by atoms with van der Waals surface area (Å²) in [6.07, 6.45) is 1.55. The van der Waals surface area contributed by atoms with Crippen LogP contribution in [0.25, 0.3) is 11.3 Å². The predicted molar refractivity (Wildman–Crippen MR) is 69.1 cm³/mol. The topological polar surface area (TPSA) is 81.2 Å². The molecule has 1 N–H and O–H groups in total. The molecule has 0 amide bonds. The maximum absolute atomic E-state index is 10.8. The second kappa shape index (κ2) is 5.28. The van der Waals surface area contributed by atoms with Crippen molar-refractivity contribution >= 4 is 21.6 Å². The van der Waals surface area contributed by atoms with Crippen LogP contribution in [0.5, 0.6) is 0 Å². The standard InChI is InChI=1S/C11H10BrN3O3/c1-13-6-11-14-5-10(18-11)7-2-8(12)4-9(3-7)15(16)17/h2-5,13H,6H2,1H3. The fourth-order valence-electron chi connectivity index (χ4n) is 1.50. The molecule has 0 spiro atoms. The van der Waals surface area contributed by atoms with Crippen LogP contribution in [-0.4, -0.2) is 17.0 Å². The SMILES string of the molecule is CNCc1ncc(-c2cc(Br)cc([N+](=O)[O-])c2)o1. The van der Waals surface area contributed by atoms with E-state index in [0.717, 1.165) is 0 Å². The minimum Gasteiger partial charge on any atom is -0.439 e. The molecule has 0 saturated heterocycles. The molecule has 18 heavy (non-hydrogen) atoms. The fraction of sp³-hybridized carbons (Fsp3) is 0.182. The van der Waals surface area contributed by atoms with Crippen LogP contribution in [0.3, 0.4) is 0 Å². The van der Waals surface area contributed by atoms with Crippen LogP contribution in [0.15, 0.2) is 33.3 Å². The van der Waals surface area contributed by atoms with Gasteiger partial charge in [-0.3, -0.25) is 10.1 Å². The van der Waals surface area contributed by atoms with E-state index in [0.29, 0.717) is 28.2 Å². The van der Waals surface area contributed by atoms with Gasteiger partial charge in [-0.15, -0.1) is 0 Å². The molecule has 0 fully saturated rings. The average Bonchev–Trinajstić information content (AvgIpc) is 2.77. The highest BCUT2D eigenvalue weighted by Gasteiger charge is 2.13. The number of rotatable bonds is 4. The van der Waals surface area contributed by atoms with Gasteiger partial charge in [-0.1, -0.05) is 15.9 Å². The third-order valence-corrected chi connectivity index (χ3v) is 2.72. The Labute approximate surface area is 111 Å². The van der Waals surface area contributed by atoms with Crippen molar-refractivity contribution in [1.82, 2.24) is 10.3 Å². The summed E-state index contributed by atoms with van der Waals surface area (Å²) in [6, 6.07) is 4.64. The molecule has 1 heterocycles. The quantitative estimate of drug-likeness (QED) is 0.693. The van der Waals surface area contributed by atoms with Gasteiger partial charge in [-0.05, 0) is 13.1 Å². The molecule has 0 aliphatic rings. The first kappa shape index (κ1) is 12.7. The largest absolute Gasteiger partial charge is 0.439 e. The van der Waals surface area contributed by atoms with Gasteiger partial charge in [0.25, 0.3) is 5.69 Å². The smallest absolute Gasteiger partial charge is 0.271 e. The van der Waals surface area contributed by atoms with Crippen molar-refractivity contribution in [2.24, 2.45) is 0 Å².